The highest BCUT2D eigenvalue weighted by atomic mass is 79.9. The Morgan fingerprint density at radius 1 is 1.23 bits per heavy atom. The van der Waals surface area contributed by atoms with Crippen LogP contribution in [0, 0.1) is 0 Å². The number of carbonyl (C=O) groups is 2. The molecule has 136 valence electrons. The van der Waals surface area contributed by atoms with Crippen molar-refractivity contribution in [3.8, 4) is 5.75 Å². The number of amides is 1. The summed E-state index contributed by atoms with van der Waals surface area (Å²) < 4.78 is 11.1. The van der Waals surface area contributed by atoms with Gasteiger partial charge in [0.2, 0.25) is 0 Å². The Balaban J connectivity index is 1.90. The van der Waals surface area contributed by atoms with Crippen LogP contribution < -0.4 is 10.1 Å². The van der Waals surface area contributed by atoms with Gasteiger partial charge in [0, 0.05) is 21.0 Å². The molecule has 0 saturated heterocycles. The van der Waals surface area contributed by atoms with Crippen LogP contribution in [0.15, 0.2) is 57.9 Å². The number of hydrogen-bond donors (Lipinski definition) is 1. The molecule has 0 atom stereocenters. The zero-order valence-electron chi connectivity index (χ0n) is 14.3. The molecule has 1 amide bonds. The lowest BCUT2D eigenvalue weighted by molar-refractivity contribution is -0.142. The molecule has 1 N–H and O–H groups in total. The molecule has 7 heteroatoms. The number of benzene rings is 2. The van der Waals surface area contributed by atoms with Crippen molar-refractivity contribution in [3.63, 3.8) is 0 Å². The molecule has 0 aliphatic heterocycles. The topological polar surface area (TPSA) is 64.6 Å². The van der Waals surface area contributed by atoms with Crippen LogP contribution in [0.5, 0.6) is 5.75 Å². The minimum absolute atomic E-state index is 0.360. The summed E-state index contributed by atoms with van der Waals surface area (Å²) in [6.45, 7) is -0.360. The smallest absolute Gasteiger partial charge is 0.331 e. The van der Waals surface area contributed by atoms with E-state index in [9.17, 15) is 9.59 Å². The average molecular weight is 436 g/mol. The minimum atomic E-state index is -0.611. The number of hydrogen-bond acceptors (Lipinski definition) is 5. The molecular formula is C19H18BrNO4S. The van der Waals surface area contributed by atoms with Crippen LogP contribution in [0.1, 0.15) is 5.56 Å². The molecule has 0 aliphatic rings. The summed E-state index contributed by atoms with van der Waals surface area (Å²) in [5.74, 6) is -0.378. The highest BCUT2D eigenvalue weighted by Crippen LogP contribution is 2.25. The van der Waals surface area contributed by atoms with Gasteiger partial charge in [-0.25, -0.2) is 4.79 Å². The second-order valence-electron chi connectivity index (χ2n) is 5.08. The Morgan fingerprint density at radius 2 is 2.00 bits per heavy atom. The van der Waals surface area contributed by atoms with Crippen molar-refractivity contribution in [3.05, 3.63) is 58.6 Å². The van der Waals surface area contributed by atoms with E-state index in [0.29, 0.717) is 11.4 Å². The van der Waals surface area contributed by atoms with Crippen molar-refractivity contribution in [2.75, 3.05) is 25.3 Å². The standard InChI is InChI=1S/C19H18BrNO4S/c1-24-16-9-8-14(20)11-13(16)7-10-19(23)25-12-18(22)21-15-5-3-4-6-17(15)26-2/h3-11H,12H2,1-2H3,(H,21,22)/b10-7+. The lowest BCUT2D eigenvalue weighted by Crippen LogP contribution is -2.20. The summed E-state index contributed by atoms with van der Waals surface area (Å²) in [4.78, 5) is 24.7. The zero-order valence-corrected chi connectivity index (χ0v) is 16.7. The number of rotatable bonds is 7. The van der Waals surface area contributed by atoms with E-state index < -0.39 is 11.9 Å². The van der Waals surface area contributed by atoms with Crippen LogP contribution in [0.2, 0.25) is 0 Å². The fraction of sp³-hybridized carbons (Fsp3) is 0.158. The summed E-state index contributed by atoms with van der Waals surface area (Å²) >= 11 is 4.89. The van der Waals surface area contributed by atoms with Crippen LogP contribution in [0.3, 0.4) is 0 Å². The number of ether oxygens (including phenoxy) is 2. The number of carbonyl (C=O) groups excluding carboxylic acids is 2. The molecule has 0 aromatic heterocycles. The fourth-order valence-corrected chi connectivity index (χ4v) is 3.04. The van der Waals surface area contributed by atoms with E-state index in [1.165, 1.54) is 17.8 Å². The Hall–Kier alpha value is -2.25. The van der Waals surface area contributed by atoms with Crippen LogP contribution in [0.25, 0.3) is 6.08 Å². The van der Waals surface area contributed by atoms with E-state index in [0.717, 1.165) is 14.9 Å². The van der Waals surface area contributed by atoms with Gasteiger partial charge in [-0.3, -0.25) is 4.79 Å². The zero-order chi connectivity index (χ0) is 18.9. The van der Waals surface area contributed by atoms with Crippen molar-refractivity contribution in [1.82, 2.24) is 0 Å². The lowest BCUT2D eigenvalue weighted by Gasteiger charge is -2.09. The second kappa shape index (κ2) is 10.0. The van der Waals surface area contributed by atoms with E-state index in [1.54, 1.807) is 25.3 Å². The number of halogens is 1. The molecule has 0 unspecified atom stereocenters. The van der Waals surface area contributed by atoms with Crippen molar-refractivity contribution in [2.24, 2.45) is 0 Å². The molecule has 26 heavy (non-hydrogen) atoms. The normalized spacial score (nSPS) is 10.6. The summed E-state index contributed by atoms with van der Waals surface area (Å²) in [6, 6.07) is 12.9. The van der Waals surface area contributed by atoms with E-state index in [4.69, 9.17) is 9.47 Å². The summed E-state index contributed by atoms with van der Waals surface area (Å²) in [5.41, 5.74) is 1.41. The molecular weight excluding hydrogens is 418 g/mol. The van der Waals surface area contributed by atoms with Gasteiger partial charge >= 0.3 is 5.97 Å². The predicted molar refractivity (Wildman–Crippen MR) is 108 cm³/mol. The first-order chi connectivity index (χ1) is 12.5. The first-order valence-corrected chi connectivity index (χ1v) is 9.66. The average Bonchev–Trinajstić information content (AvgIpc) is 2.65. The number of para-hydroxylation sites is 1. The maximum atomic E-state index is 12.0. The Kier molecular flexibility index (Phi) is 7.74. The first kappa shape index (κ1) is 20.1. The monoisotopic (exact) mass is 435 g/mol. The number of thioether (sulfide) groups is 1. The predicted octanol–water partition coefficient (Wildman–Crippen LogP) is 4.37. The molecule has 0 fully saturated rings. The molecule has 2 rings (SSSR count). The van der Waals surface area contributed by atoms with Gasteiger partial charge < -0.3 is 14.8 Å². The third-order valence-electron chi connectivity index (χ3n) is 3.32. The summed E-state index contributed by atoms with van der Waals surface area (Å²) in [7, 11) is 1.55. The number of methoxy groups -OCH3 is 1. The van der Waals surface area contributed by atoms with Gasteiger partial charge in [-0.15, -0.1) is 11.8 Å². The van der Waals surface area contributed by atoms with Crippen LogP contribution in [-0.4, -0.2) is 31.8 Å². The van der Waals surface area contributed by atoms with Crippen molar-refractivity contribution in [1.29, 1.82) is 0 Å². The Bertz CT molecular complexity index is 823. The Labute approximate surface area is 164 Å². The van der Waals surface area contributed by atoms with E-state index in [-0.39, 0.29) is 6.61 Å². The third kappa shape index (κ3) is 5.93. The molecule has 0 heterocycles. The van der Waals surface area contributed by atoms with Gasteiger partial charge in [-0.2, -0.15) is 0 Å². The third-order valence-corrected chi connectivity index (χ3v) is 4.61. The molecule has 0 spiro atoms. The van der Waals surface area contributed by atoms with E-state index in [1.807, 2.05) is 36.6 Å². The number of anilines is 1. The number of nitrogens with one attached hydrogen (secondary N) is 1. The SMILES string of the molecule is COc1ccc(Br)cc1/C=C/C(=O)OCC(=O)Nc1ccccc1SC. The van der Waals surface area contributed by atoms with Gasteiger partial charge in [0.15, 0.2) is 6.61 Å². The van der Waals surface area contributed by atoms with E-state index >= 15 is 0 Å². The van der Waals surface area contributed by atoms with Gasteiger partial charge in [-0.05, 0) is 42.7 Å². The maximum absolute atomic E-state index is 12.0. The molecule has 2 aromatic carbocycles. The quantitative estimate of drug-likeness (QED) is 0.397. The highest BCUT2D eigenvalue weighted by Gasteiger charge is 2.08. The van der Waals surface area contributed by atoms with Crippen molar-refractivity contribution in [2.45, 2.75) is 4.90 Å². The maximum Gasteiger partial charge on any atom is 0.331 e. The summed E-state index contributed by atoms with van der Waals surface area (Å²) in [5, 5.41) is 2.73. The second-order valence-corrected chi connectivity index (χ2v) is 6.84. The molecule has 2 aromatic rings. The van der Waals surface area contributed by atoms with Gasteiger partial charge in [0.25, 0.3) is 5.91 Å². The molecule has 0 aliphatic carbocycles. The molecule has 0 bridgehead atoms. The highest BCUT2D eigenvalue weighted by molar-refractivity contribution is 9.10. The minimum Gasteiger partial charge on any atom is -0.496 e. The van der Waals surface area contributed by atoms with Crippen LogP contribution in [-0.2, 0) is 14.3 Å². The van der Waals surface area contributed by atoms with Gasteiger partial charge in [-0.1, -0.05) is 28.1 Å². The molecule has 0 saturated carbocycles. The van der Waals surface area contributed by atoms with Crippen LogP contribution in [0.4, 0.5) is 5.69 Å². The lowest BCUT2D eigenvalue weighted by atomic mass is 10.2. The Morgan fingerprint density at radius 3 is 2.73 bits per heavy atom. The van der Waals surface area contributed by atoms with Crippen molar-refractivity contribution < 1.29 is 19.1 Å². The number of esters is 1. The van der Waals surface area contributed by atoms with Crippen molar-refractivity contribution >= 4 is 51.3 Å². The summed E-state index contributed by atoms with van der Waals surface area (Å²) in [6.07, 6.45) is 4.76. The van der Waals surface area contributed by atoms with Gasteiger partial charge in [0.05, 0.1) is 12.8 Å². The largest absolute Gasteiger partial charge is 0.496 e. The van der Waals surface area contributed by atoms with Crippen LogP contribution >= 0.6 is 27.7 Å². The molecule has 0 radical (unpaired) electrons. The van der Waals surface area contributed by atoms with Gasteiger partial charge in [0.1, 0.15) is 5.75 Å². The fourth-order valence-electron chi connectivity index (χ4n) is 2.11. The molecule has 5 nitrogen and oxygen atoms in total. The first-order valence-electron chi connectivity index (χ1n) is 7.64. The van der Waals surface area contributed by atoms with E-state index in [2.05, 4.69) is 21.2 Å².